The molecule has 0 unspecified atom stereocenters. The van der Waals surface area contributed by atoms with E-state index in [0.29, 0.717) is 18.2 Å². The Balaban J connectivity index is 2.35. The number of imidazole rings is 1. The Bertz CT molecular complexity index is 536. The van der Waals surface area contributed by atoms with Crippen LogP contribution in [0.15, 0.2) is 43.2 Å². The van der Waals surface area contributed by atoms with Gasteiger partial charge in [-0.2, -0.15) is 0 Å². The topological polar surface area (TPSA) is 29.9 Å². The van der Waals surface area contributed by atoms with E-state index in [4.69, 9.17) is 11.6 Å². The predicted molar refractivity (Wildman–Crippen MR) is 67.2 cm³/mol. The second-order valence-corrected chi connectivity index (χ2v) is 3.80. The minimum Gasteiger partial charge on any atom is -0.352 e. The van der Waals surface area contributed by atoms with E-state index in [1.165, 1.54) is 12.1 Å². The van der Waals surface area contributed by atoms with Gasteiger partial charge in [0.15, 0.2) is 0 Å². The summed E-state index contributed by atoms with van der Waals surface area (Å²) in [7, 11) is 0. The molecule has 0 fully saturated rings. The molecule has 0 atom stereocenters. The largest absolute Gasteiger partial charge is 0.352 e. The number of anilines is 1. The lowest BCUT2D eigenvalue weighted by atomic mass is 10.3. The highest BCUT2D eigenvalue weighted by molar-refractivity contribution is 6.30. The highest BCUT2D eigenvalue weighted by atomic mass is 35.5. The van der Waals surface area contributed by atoms with Gasteiger partial charge in [0.1, 0.15) is 5.82 Å². The molecule has 1 aromatic carbocycles. The van der Waals surface area contributed by atoms with Crippen LogP contribution in [0.3, 0.4) is 0 Å². The summed E-state index contributed by atoms with van der Waals surface area (Å²) < 4.78 is 15.1. The average Bonchev–Trinajstić information content (AvgIpc) is 2.78. The van der Waals surface area contributed by atoms with Gasteiger partial charge in [-0.3, -0.25) is 4.57 Å². The number of nitrogens with zero attached hydrogens (tertiary/aromatic N) is 2. The molecular formula is C12H11ClFN3. The lowest BCUT2D eigenvalue weighted by Crippen LogP contribution is -2.05. The lowest BCUT2D eigenvalue weighted by Gasteiger charge is -2.08. The molecule has 3 nitrogen and oxygen atoms in total. The van der Waals surface area contributed by atoms with Crippen molar-refractivity contribution in [3.8, 4) is 5.69 Å². The van der Waals surface area contributed by atoms with Gasteiger partial charge in [0, 0.05) is 18.9 Å². The zero-order chi connectivity index (χ0) is 12.3. The first kappa shape index (κ1) is 11.7. The van der Waals surface area contributed by atoms with Crippen LogP contribution in [0.1, 0.15) is 0 Å². The van der Waals surface area contributed by atoms with Crippen molar-refractivity contribution in [3.63, 3.8) is 0 Å². The van der Waals surface area contributed by atoms with Crippen molar-refractivity contribution in [2.75, 3.05) is 11.9 Å². The van der Waals surface area contributed by atoms with Crippen molar-refractivity contribution in [2.45, 2.75) is 0 Å². The Morgan fingerprint density at radius 1 is 1.53 bits per heavy atom. The van der Waals surface area contributed by atoms with E-state index in [1.807, 2.05) is 0 Å². The number of benzene rings is 1. The molecule has 0 saturated heterocycles. The Hall–Kier alpha value is -1.81. The third kappa shape index (κ3) is 2.47. The van der Waals surface area contributed by atoms with Gasteiger partial charge in [-0.05, 0) is 18.2 Å². The smallest absolute Gasteiger partial charge is 0.207 e. The molecule has 0 aliphatic rings. The molecule has 1 aromatic heterocycles. The fourth-order valence-electron chi connectivity index (χ4n) is 1.44. The van der Waals surface area contributed by atoms with Gasteiger partial charge >= 0.3 is 0 Å². The molecule has 2 rings (SSSR count). The molecule has 0 aliphatic carbocycles. The molecule has 0 bridgehead atoms. The fourth-order valence-corrected chi connectivity index (χ4v) is 1.56. The molecule has 0 saturated carbocycles. The first-order chi connectivity index (χ1) is 8.22. The maximum Gasteiger partial charge on any atom is 0.207 e. The highest BCUT2D eigenvalue weighted by Gasteiger charge is 2.06. The molecule has 5 heteroatoms. The summed E-state index contributed by atoms with van der Waals surface area (Å²) in [6, 6.07) is 4.61. The Labute approximate surface area is 104 Å². The second-order valence-electron chi connectivity index (χ2n) is 3.39. The first-order valence-corrected chi connectivity index (χ1v) is 5.43. The van der Waals surface area contributed by atoms with Crippen molar-refractivity contribution in [1.29, 1.82) is 0 Å². The van der Waals surface area contributed by atoms with Crippen molar-refractivity contribution >= 4 is 17.5 Å². The SMILES string of the molecule is C=CCNc1nccn1-c1ccc(Cl)c(F)c1. The normalized spacial score (nSPS) is 10.2. The third-order valence-corrected chi connectivity index (χ3v) is 2.53. The van der Waals surface area contributed by atoms with Gasteiger partial charge in [0.25, 0.3) is 0 Å². The van der Waals surface area contributed by atoms with E-state index in [1.54, 1.807) is 29.1 Å². The van der Waals surface area contributed by atoms with Crippen LogP contribution in [0, 0.1) is 5.82 Å². The molecule has 0 aliphatic heterocycles. The molecule has 2 aromatic rings. The van der Waals surface area contributed by atoms with Gasteiger partial charge in [-0.15, -0.1) is 6.58 Å². The van der Waals surface area contributed by atoms with E-state index >= 15 is 0 Å². The molecule has 17 heavy (non-hydrogen) atoms. The minimum absolute atomic E-state index is 0.106. The number of halogens is 2. The van der Waals surface area contributed by atoms with Crippen LogP contribution in [-0.4, -0.2) is 16.1 Å². The number of rotatable bonds is 4. The Kier molecular flexibility index (Phi) is 3.44. The van der Waals surface area contributed by atoms with Crippen LogP contribution in [0.4, 0.5) is 10.3 Å². The fraction of sp³-hybridized carbons (Fsp3) is 0.0833. The number of nitrogens with one attached hydrogen (secondary N) is 1. The Morgan fingerprint density at radius 3 is 3.06 bits per heavy atom. The van der Waals surface area contributed by atoms with Crippen LogP contribution < -0.4 is 5.32 Å². The summed E-state index contributed by atoms with van der Waals surface area (Å²) in [5.41, 5.74) is 0.663. The molecule has 0 amide bonds. The van der Waals surface area contributed by atoms with E-state index < -0.39 is 5.82 Å². The molecule has 0 spiro atoms. The van der Waals surface area contributed by atoms with Gasteiger partial charge in [0.2, 0.25) is 5.95 Å². The summed E-state index contributed by atoms with van der Waals surface area (Å²) in [5.74, 6) is 0.180. The minimum atomic E-state index is -0.451. The summed E-state index contributed by atoms with van der Waals surface area (Å²) in [6.45, 7) is 4.20. The first-order valence-electron chi connectivity index (χ1n) is 5.06. The zero-order valence-corrected chi connectivity index (χ0v) is 9.78. The number of aromatic nitrogens is 2. The van der Waals surface area contributed by atoms with Crippen molar-refractivity contribution in [2.24, 2.45) is 0 Å². The lowest BCUT2D eigenvalue weighted by molar-refractivity contribution is 0.627. The van der Waals surface area contributed by atoms with Crippen LogP contribution in [0.25, 0.3) is 5.69 Å². The van der Waals surface area contributed by atoms with Crippen LogP contribution >= 0.6 is 11.6 Å². The van der Waals surface area contributed by atoms with Gasteiger partial charge in [-0.25, -0.2) is 9.37 Å². The standard InChI is InChI=1S/C12H11ClFN3/c1-2-5-15-12-16-6-7-17(12)9-3-4-10(13)11(14)8-9/h2-4,6-8H,1,5H2,(H,15,16). The third-order valence-electron chi connectivity index (χ3n) is 2.23. The van der Waals surface area contributed by atoms with E-state index in [-0.39, 0.29) is 5.02 Å². The van der Waals surface area contributed by atoms with E-state index in [9.17, 15) is 4.39 Å². The monoisotopic (exact) mass is 251 g/mol. The maximum atomic E-state index is 13.4. The molecule has 1 N–H and O–H groups in total. The van der Waals surface area contributed by atoms with E-state index in [2.05, 4.69) is 16.9 Å². The van der Waals surface area contributed by atoms with Crippen LogP contribution in [-0.2, 0) is 0 Å². The van der Waals surface area contributed by atoms with Crippen molar-refractivity contribution in [1.82, 2.24) is 9.55 Å². The summed E-state index contributed by atoms with van der Waals surface area (Å²) in [5, 5.41) is 3.16. The maximum absolute atomic E-state index is 13.4. The zero-order valence-electron chi connectivity index (χ0n) is 9.03. The Morgan fingerprint density at radius 2 is 2.35 bits per heavy atom. The summed E-state index contributed by atoms with van der Waals surface area (Å²) in [4.78, 5) is 4.13. The van der Waals surface area contributed by atoms with Gasteiger partial charge in [-0.1, -0.05) is 17.7 Å². The van der Waals surface area contributed by atoms with Gasteiger partial charge < -0.3 is 5.32 Å². The molecular weight excluding hydrogens is 241 g/mol. The number of hydrogen-bond acceptors (Lipinski definition) is 2. The van der Waals surface area contributed by atoms with Crippen LogP contribution in [0.5, 0.6) is 0 Å². The number of hydrogen-bond donors (Lipinski definition) is 1. The summed E-state index contributed by atoms with van der Waals surface area (Å²) >= 11 is 5.64. The highest BCUT2D eigenvalue weighted by Crippen LogP contribution is 2.20. The van der Waals surface area contributed by atoms with Crippen molar-refractivity contribution < 1.29 is 4.39 Å². The molecule has 88 valence electrons. The van der Waals surface area contributed by atoms with Crippen molar-refractivity contribution in [3.05, 3.63) is 54.1 Å². The molecule has 1 heterocycles. The quantitative estimate of drug-likeness (QED) is 0.846. The van der Waals surface area contributed by atoms with Gasteiger partial charge in [0.05, 0.1) is 10.7 Å². The second kappa shape index (κ2) is 5.01. The summed E-state index contributed by atoms with van der Waals surface area (Å²) in [6.07, 6.45) is 5.10. The average molecular weight is 252 g/mol. The molecule has 0 radical (unpaired) electrons. The van der Waals surface area contributed by atoms with Crippen LogP contribution in [0.2, 0.25) is 5.02 Å². The predicted octanol–water partition coefficient (Wildman–Crippen LogP) is 3.26. The van der Waals surface area contributed by atoms with E-state index in [0.717, 1.165) is 0 Å².